The standard InChI is InChI=1S/C10H17N3/c1-8-4-3-5-10(6-8)7-12-9(2)13-11/h3,5-6,8-9,11-12H,4,7H2,1-2H3/t8-,9-/m0/s1. The van der Waals surface area contributed by atoms with Crippen molar-refractivity contribution >= 4 is 0 Å². The maximum atomic E-state index is 6.79. The van der Waals surface area contributed by atoms with Gasteiger partial charge in [-0.05, 0) is 24.8 Å². The zero-order chi connectivity index (χ0) is 9.68. The molecule has 72 valence electrons. The number of rotatable bonds is 4. The number of hydrogen-bond donors (Lipinski definition) is 2. The fourth-order valence-corrected chi connectivity index (χ4v) is 1.35. The van der Waals surface area contributed by atoms with Gasteiger partial charge in [0, 0.05) is 6.54 Å². The van der Waals surface area contributed by atoms with Gasteiger partial charge in [0.2, 0.25) is 0 Å². The first kappa shape index (κ1) is 10.1. The molecule has 0 amide bonds. The maximum Gasteiger partial charge on any atom is 0.118 e. The van der Waals surface area contributed by atoms with Crippen LogP contribution in [0.4, 0.5) is 0 Å². The molecule has 0 heterocycles. The molecule has 0 bridgehead atoms. The average Bonchev–Trinajstić information content (AvgIpc) is 2.14. The fraction of sp³-hybridized carbons (Fsp3) is 0.600. The Kier molecular flexibility index (Phi) is 3.83. The number of allylic oxidation sites excluding steroid dienone is 2. The van der Waals surface area contributed by atoms with Crippen molar-refractivity contribution in [3.8, 4) is 0 Å². The van der Waals surface area contributed by atoms with Crippen molar-refractivity contribution < 1.29 is 0 Å². The molecule has 0 saturated carbocycles. The molecular weight excluding hydrogens is 162 g/mol. The third kappa shape index (κ3) is 3.51. The smallest absolute Gasteiger partial charge is 0.118 e. The van der Waals surface area contributed by atoms with Gasteiger partial charge in [-0.1, -0.05) is 25.2 Å². The van der Waals surface area contributed by atoms with Crippen LogP contribution in [0.25, 0.3) is 0 Å². The van der Waals surface area contributed by atoms with Crippen LogP contribution in [0.3, 0.4) is 0 Å². The van der Waals surface area contributed by atoms with Crippen LogP contribution in [-0.2, 0) is 0 Å². The van der Waals surface area contributed by atoms with Crippen LogP contribution in [0, 0.1) is 11.4 Å². The molecule has 3 nitrogen and oxygen atoms in total. The van der Waals surface area contributed by atoms with E-state index < -0.39 is 0 Å². The predicted octanol–water partition coefficient (Wildman–Crippen LogP) is 2.48. The van der Waals surface area contributed by atoms with Crippen molar-refractivity contribution in [1.82, 2.24) is 5.32 Å². The lowest BCUT2D eigenvalue weighted by atomic mass is 9.98. The molecule has 2 atom stereocenters. The van der Waals surface area contributed by atoms with E-state index in [1.165, 1.54) is 5.57 Å². The van der Waals surface area contributed by atoms with Gasteiger partial charge < -0.3 is 0 Å². The Morgan fingerprint density at radius 3 is 3.15 bits per heavy atom. The van der Waals surface area contributed by atoms with E-state index >= 15 is 0 Å². The zero-order valence-corrected chi connectivity index (χ0v) is 8.25. The van der Waals surface area contributed by atoms with Gasteiger partial charge >= 0.3 is 0 Å². The summed E-state index contributed by atoms with van der Waals surface area (Å²) in [6.45, 7) is 4.90. The molecule has 0 saturated heterocycles. The van der Waals surface area contributed by atoms with E-state index in [1.54, 1.807) is 0 Å². The van der Waals surface area contributed by atoms with Crippen LogP contribution in [0.15, 0.2) is 28.9 Å². The van der Waals surface area contributed by atoms with Crippen LogP contribution in [0.2, 0.25) is 0 Å². The molecule has 0 aromatic rings. The van der Waals surface area contributed by atoms with Gasteiger partial charge in [-0.15, -0.1) is 0 Å². The van der Waals surface area contributed by atoms with E-state index in [-0.39, 0.29) is 6.17 Å². The second-order valence-electron chi connectivity index (χ2n) is 3.54. The molecule has 3 heteroatoms. The van der Waals surface area contributed by atoms with Gasteiger partial charge in [0.15, 0.2) is 0 Å². The molecule has 0 aliphatic heterocycles. The summed E-state index contributed by atoms with van der Waals surface area (Å²) in [4.78, 5) is 0. The van der Waals surface area contributed by atoms with E-state index in [0.29, 0.717) is 5.92 Å². The lowest BCUT2D eigenvalue weighted by molar-refractivity contribution is 0.562. The zero-order valence-electron chi connectivity index (χ0n) is 8.25. The third-order valence-electron chi connectivity index (χ3n) is 2.13. The lowest BCUT2D eigenvalue weighted by Crippen LogP contribution is -2.25. The lowest BCUT2D eigenvalue weighted by Gasteiger charge is -2.14. The first-order chi connectivity index (χ1) is 6.22. The fourth-order valence-electron chi connectivity index (χ4n) is 1.35. The number of nitrogens with zero attached hydrogens (tertiary/aromatic N) is 1. The Labute approximate surface area is 79.4 Å². The van der Waals surface area contributed by atoms with E-state index in [9.17, 15) is 0 Å². The molecule has 13 heavy (non-hydrogen) atoms. The largest absolute Gasteiger partial charge is 0.290 e. The average molecular weight is 179 g/mol. The molecule has 1 aliphatic rings. The van der Waals surface area contributed by atoms with Crippen molar-refractivity contribution in [1.29, 1.82) is 5.53 Å². The highest BCUT2D eigenvalue weighted by molar-refractivity contribution is 5.24. The summed E-state index contributed by atoms with van der Waals surface area (Å²) in [6.07, 6.45) is 7.67. The molecule has 0 spiro atoms. The molecule has 0 fully saturated rings. The van der Waals surface area contributed by atoms with E-state index in [1.807, 2.05) is 6.92 Å². The van der Waals surface area contributed by atoms with Crippen molar-refractivity contribution in [2.24, 2.45) is 11.0 Å². The van der Waals surface area contributed by atoms with Crippen LogP contribution >= 0.6 is 0 Å². The Balaban J connectivity index is 2.36. The molecule has 1 rings (SSSR count). The van der Waals surface area contributed by atoms with E-state index in [0.717, 1.165) is 13.0 Å². The highest BCUT2D eigenvalue weighted by Gasteiger charge is 2.04. The third-order valence-corrected chi connectivity index (χ3v) is 2.13. The van der Waals surface area contributed by atoms with Gasteiger partial charge in [0.1, 0.15) is 6.17 Å². The molecular formula is C10H17N3. The summed E-state index contributed by atoms with van der Waals surface area (Å²) in [5, 5.41) is 6.53. The molecule has 0 aromatic heterocycles. The van der Waals surface area contributed by atoms with Gasteiger partial charge in [0.25, 0.3) is 0 Å². The summed E-state index contributed by atoms with van der Waals surface area (Å²) in [6, 6.07) is 0. The second kappa shape index (κ2) is 4.92. The van der Waals surface area contributed by atoms with Crippen molar-refractivity contribution in [2.45, 2.75) is 26.4 Å². The summed E-state index contributed by atoms with van der Waals surface area (Å²) in [5.41, 5.74) is 8.09. The minimum atomic E-state index is -0.0773. The van der Waals surface area contributed by atoms with Crippen LogP contribution in [0.1, 0.15) is 20.3 Å². The van der Waals surface area contributed by atoms with E-state index in [4.69, 9.17) is 5.53 Å². The first-order valence-corrected chi connectivity index (χ1v) is 4.69. The van der Waals surface area contributed by atoms with Crippen molar-refractivity contribution in [3.05, 3.63) is 23.8 Å². The molecule has 1 aliphatic carbocycles. The predicted molar refractivity (Wildman–Crippen MR) is 53.6 cm³/mol. The van der Waals surface area contributed by atoms with Gasteiger partial charge in [-0.2, -0.15) is 5.11 Å². The first-order valence-electron chi connectivity index (χ1n) is 4.69. The molecule has 0 radical (unpaired) electrons. The maximum absolute atomic E-state index is 6.79. The normalized spacial score (nSPS) is 23.8. The molecule has 2 N–H and O–H groups in total. The number of nitrogens with one attached hydrogen (secondary N) is 2. The van der Waals surface area contributed by atoms with Crippen LogP contribution < -0.4 is 5.32 Å². The highest BCUT2D eigenvalue weighted by atomic mass is 15.1. The summed E-state index contributed by atoms with van der Waals surface area (Å²) in [5.74, 6) is 0.644. The highest BCUT2D eigenvalue weighted by Crippen LogP contribution is 2.15. The minimum Gasteiger partial charge on any atom is -0.290 e. The van der Waals surface area contributed by atoms with Crippen molar-refractivity contribution in [3.63, 3.8) is 0 Å². The summed E-state index contributed by atoms with van der Waals surface area (Å²) in [7, 11) is 0. The monoisotopic (exact) mass is 179 g/mol. The van der Waals surface area contributed by atoms with Gasteiger partial charge in [-0.3, -0.25) is 5.32 Å². The Hall–Kier alpha value is -0.960. The molecule has 0 aromatic carbocycles. The second-order valence-corrected chi connectivity index (χ2v) is 3.54. The minimum absolute atomic E-state index is 0.0773. The SMILES string of the molecule is C[C@@H]1C=C(CN[C@H](C)N=N)C=CC1. The van der Waals surface area contributed by atoms with E-state index in [2.05, 4.69) is 35.6 Å². The Morgan fingerprint density at radius 1 is 1.77 bits per heavy atom. The summed E-state index contributed by atoms with van der Waals surface area (Å²) >= 11 is 0. The van der Waals surface area contributed by atoms with Crippen LogP contribution in [0.5, 0.6) is 0 Å². The Bertz CT molecular complexity index is 230. The molecule has 0 unspecified atom stereocenters. The quantitative estimate of drug-likeness (QED) is 0.640. The Morgan fingerprint density at radius 2 is 2.54 bits per heavy atom. The van der Waals surface area contributed by atoms with Crippen molar-refractivity contribution in [2.75, 3.05) is 6.54 Å². The van der Waals surface area contributed by atoms with Gasteiger partial charge in [-0.25, -0.2) is 5.53 Å². The number of hydrogen-bond acceptors (Lipinski definition) is 3. The van der Waals surface area contributed by atoms with Crippen LogP contribution in [-0.4, -0.2) is 12.7 Å². The van der Waals surface area contributed by atoms with Gasteiger partial charge in [0.05, 0.1) is 0 Å². The topological polar surface area (TPSA) is 48.2 Å². The summed E-state index contributed by atoms with van der Waals surface area (Å²) < 4.78 is 0.